The number of allylic oxidation sites excluding steroid dienone is 5. The van der Waals surface area contributed by atoms with E-state index in [1.54, 1.807) is 23.9 Å². The summed E-state index contributed by atoms with van der Waals surface area (Å²) in [6.07, 6.45) is 6.93. The molecule has 222 valence electrons. The van der Waals surface area contributed by atoms with E-state index >= 15 is 0 Å². The molecule has 2 aliphatic rings. The summed E-state index contributed by atoms with van der Waals surface area (Å²) in [4.78, 5) is 6.94. The van der Waals surface area contributed by atoms with Crippen molar-refractivity contribution in [2.75, 3.05) is 13.1 Å². The van der Waals surface area contributed by atoms with Crippen molar-refractivity contribution in [3.05, 3.63) is 81.7 Å². The van der Waals surface area contributed by atoms with Crippen LogP contribution in [0.3, 0.4) is 0 Å². The van der Waals surface area contributed by atoms with Gasteiger partial charge in [0.25, 0.3) is 0 Å². The predicted molar refractivity (Wildman–Crippen MR) is 166 cm³/mol. The Morgan fingerprint density at radius 3 is 2.23 bits per heavy atom. The van der Waals surface area contributed by atoms with E-state index in [1.165, 1.54) is 23.3 Å². The molecule has 2 nitrogen and oxygen atoms in total. The first-order valence-electron chi connectivity index (χ1n) is 13.6. The van der Waals surface area contributed by atoms with Crippen molar-refractivity contribution in [2.24, 2.45) is 4.99 Å². The van der Waals surface area contributed by atoms with Gasteiger partial charge in [-0.2, -0.15) is 0 Å². The maximum absolute atomic E-state index is 14.1. The van der Waals surface area contributed by atoms with Crippen LogP contribution in [0.2, 0.25) is 5.02 Å². The number of halogens is 5. The van der Waals surface area contributed by atoms with Crippen molar-refractivity contribution in [1.82, 2.24) is 4.90 Å². The number of fused-ring (bicyclic) bond motifs is 1. The summed E-state index contributed by atoms with van der Waals surface area (Å²) in [7, 11) is 0. The van der Waals surface area contributed by atoms with Crippen molar-refractivity contribution in [3.63, 3.8) is 0 Å². The summed E-state index contributed by atoms with van der Waals surface area (Å²) in [5.41, 5.74) is 3.52. The fourth-order valence-electron chi connectivity index (χ4n) is 3.56. The Morgan fingerprint density at radius 2 is 1.77 bits per heavy atom. The van der Waals surface area contributed by atoms with Crippen LogP contribution < -0.4 is 0 Å². The van der Waals surface area contributed by atoms with Crippen LogP contribution in [-0.2, 0) is 0 Å². The lowest BCUT2D eigenvalue weighted by Gasteiger charge is -2.31. The minimum Gasteiger partial charge on any atom is -0.330 e. The third-order valence-electron chi connectivity index (χ3n) is 4.83. The Bertz CT molecular complexity index is 922. The highest BCUT2D eigenvalue weighted by molar-refractivity contribution is 8.03. The van der Waals surface area contributed by atoms with E-state index in [1.807, 2.05) is 53.7 Å². The fourth-order valence-corrected chi connectivity index (χ4v) is 4.46. The third kappa shape index (κ3) is 16.0. The van der Waals surface area contributed by atoms with Crippen LogP contribution in [0.15, 0.2) is 75.8 Å². The third-order valence-corrected chi connectivity index (χ3v) is 6.12. The van der Waals surface area contributed by atoms with E-state index < -0.39 is 12.6 Å². The van der Waals surface area contributed by atoms with E-state index in [2.05, 4.69) is 36.3 Å². The van der Waals surface area contributed by atoms with E-state index in [9.17, 15) is 17.6 Å². The molecule has 2 heterocycles. The summed E-state index contributed by atoms with van der Waals surface area (Å²) in [5.74, 6) is 0.723. The zero-order valence-corrected chi connectivity index (χ0v) is 26.5. The number of amidine groups is 1. The second-order valence-corrected chi connectivity index (χ2v) is 9.47. The van der Waals surface area contributed by atoms with Crippen LogP contribution in [0.25, 0.3) is 0 Å². The minimum atomic E-state index is -2.17. The molecule has 39 heavy (non-hydrogen) atoms. The van der Waals surface area contributed by atoms with Gasteiger partial charge in [-0.1, -0.05) is 76.6 Å². The van der Waals surface area contributed by atoms with Crippen LogP contribution in [0.4, 0.5) is 17.6 Å². The van der Waals surface area contributed by atoms with E-state index in [4.69, 9.17) is 16.6 Å². The van der Waals surface area contributed by atoms with Crippen molar-refractivity contribution < 1.29 is 17.6 Å². The molecule has 2 atom stereocenters. The maximum atomic E-state index is 14.1. The summed E-state index contributed by atoms with van der Waals surface area (Å²) in [6, 6.07) is 5.82. The molecule has 0 saturated carbocycles. The lowest BCUT2D eigenvalue weighted by molar-refractivity contribution is 0.171. The molecular weight excluding hydrogens is 544 g/mol. The molecule has 0 bridgehead atoms. The van der Waals surface area contributed by atoms with Crippen LogP contribution >= 0.6 is 23.4 Å². The van der Waals surface area contributed by atoms with Crippen LogP contribution in [0.1, 0.15) is 75.2 Å². The molecule has 0 radical (unpaired) electrons. The van der Waals surface area contributed by atoms with Gasteiger partial charge in [0, 0.05) is 22.7 Å². The fraction of sp³-hybridized carbons (Fsp3) is 0.516. The normalized spacial score (nSPS) is 17.2. The van der Waals surface area contributed by atoms with Crippen LogP contribution in [-0.4, -0.2) is 41.7 Å². The first kappa shape index (κ1) is 39.2. The molecule has 0 aromatic heterocycles. The van der Waals surface area contributed by atoms with Crippen molar-refractivity contribution >= 4 is 29.2 Å². The summed E-state index contributed by atoms with van der Waals surface area (Å²) in [6.45, 7) is 18.2. The van der Waals surface area contributed by atoms with Gasteiger partial charge in [-0.15, -0.1) is 11.8 Å². The summed E-state index contributed by atoms with van der Waals surface area (Å²) in [5, 5.41) is 2.76. The number of aliphatic imine (C=N–C) groups is 1. The van der Waals surface area contributed by atoms with Gasteiger partial charge in [0.2, 0.25) is 6.43 Å². The number of benzene rings is 1. The lowest BCUT2D eigenvalue weighted by atomic mass is 9.99. The molecule has 1 fully saturated rings. The molecule has 1 saturated heterocycles. The molecule has 1 aromatic carbocycles. The first-order valence-corrected chi connectivity index (χ1v) is 14.9. The predicted octanol–water partition coefficient (Wildman–Crippen LogP) is 11.1. The number of rotatable bonds is 6. The van der Waals surface area contributed by atoms with E-state index in [0.717, 1.165) is 24.9 Å². The average Bonchev–Trinajstić information content (AvgIpc) is 3.30. The number of alkyl halides is 3. The second kappa shape index (κ2) is 23.9. The Kier molecular flexibility index (Phi) is 24.0. The number of thioether (sulfide) groups is 1. The molecule has 0 spiro atoms. The van der Waals surface area contributed by atoms with Gasteiger partial charge in [-0.25, -0.2) is 17.6 Å². The van der Waals surface area contributed by atoms with Gasteiger partial charge in [-0.05, 0) is 63.3 Å². The molecule has 8 heteroatoms. The largest absolute Gasteiger partial charge is 0.330 e. The number of hydrogen-bond acceptors (Lipinski definition) is 3. The zero-order chi connectivity index (χ0) is 30.4. The quantitative estimate of drug-likeness (QED) is 0.242. The zero-order valence-electron chi connectivity index (χ0n) is 24.9. The summed E-state index contributed by atoms with van der Waals surface area (Å²) < 4.78 is 46.9. The van der Waals surface area contributed by atoms with Gasteiger partial charge >= 0.3 is 0 Å². The van der Waals surface area contributed by atoms with Crippen LogP contribution in [0, 0.1) is 5.82 Å². The first-order chi connectivity index (χ1) is 18.6. The Hall–Kier alpha value is -1.99. The van der Waals surface area contributed by atoms with Gasteiger partial charge in [0.1, 0.15) is 17.8 Å². The molecule has 0 aliphatic carbocycles. The second-order valence-electron chi connectivity index (χ2n) is 7.79. The minimum absolute atomic E-state index is 0.244. The smallest absolute Gasteiger partial charge is 0.235 e. The highest BCUT2D eigenvalue weighted by Gasteiger charge is 2.36. The average molecular weight is 591 g/mol. The molecule has 0 amide bonds. The molecular formula is C31H47ClF4N2S. The van der Waals surface area contributed by atoms with Gasteiger partial charge in [0.05, 0.1) is 18.3 Å². The maximum Gasteiger partial charge on any atom is 0.235 e. The highest BCUT2D eigenvalue weighted by Crippen LogP contribution is 2.35. The van der Waals surface area contributed by atoms with Crippen molar-refractivity contribution in [2.45, 2.75) is 93.0 Å². The Morgan fingerprint density at radius 1 is 1.15 bits per heavy atom. The number of hydrogen-bond donors (Lipinski definition) is 0. The molecule has 3 rings (SSSR count). The summed E-state index contributed by atoms with van der Waals surface area (Å²) >= 11 is 7.14. The Balaban J connectivity index is 0. The van der Waals surface area contributed by atoms with Crippen molar-refractivity contribution in [1.29, 1.82) is 0 Å². The monoisotopic (exact) mass is 590 g/mol. The molecule has 0 N–H and O–H groups in total. The standard InChI is InChI=1S/C19H27FN2S.C6H4ClF.C2H4F2.2C2H6/c1-5-8-15(9-6-2)17-12-21-19(14(4)23-10-7-3)22-13-16(20)11-18(17)22;7-5-2-1-3-6(8)4-5;1-2(3)4;2*1-2/h5,7-10,14,16H,6,11-13H2,1-4H3;1-4H;2H,1H3;2*1-2H3/b8-5-,10-7-,15-9+;;;;. The van der Waals surface area contributed by atoms with Crippen LogP contribution in [0.5, 0.6) is 0 Å². The van der Waals surface area contributed by atoms with Gasteiger partial charge in [-0.3, -0.25) is 4.99 Å². The molecule has 2 aliphatic heterocycles. The Labute approximate surface area is 244 Å². The van der Waals surface area contributed by atoms with E-state index in [0.29, 0.717) is 24.5 Å². The van der Waals surface area contributed by atoms with Crippen molar-refractivity contribution in [3.8, 4) is 0 Å². The SMILES string of the molecule is C/C=C\SC(C)C1=NCC(C(/C=C\C)=C/CC)=C2CC(F)CN12.CC.CC.CC(F)F.Fc1cccc(Cl)c1. The lowest BCUT2D eigenvalue weighted by Crippen LogP contribution is -2.37. The highest BCUT2D eigenvalue weighted by atomic mass is 35.5. The molecule has 1 aromatic rings. The number of nitrogens with zero attached hydrogens (tertiary/aromatic N) is 2. The molecule has 2 unspecified atom stereocenters. The van der Waals surface area contributed by atoms with Gasteiger partial charge in [0.15, 0.2) is 0 Å². The topological polar surface area (TPSA) is 15.6 Å². The van der Waals surface area contributed by atoms with E-state index in [-0.39, 0.29) is 11.1 Å². The van der Waals surface area contributed by atoms with Gasteiger partial charge < -0.3 is 4.90 Å².